The molecule has 0 amide bonds. The van der Waals surface area contributed by atoms with Gasteiger partial charge >= 0.3 is 0 Å². The van der Waals surface area contributed by atoms with E-state index in [1.807, 2.05) is 22.9 Å². The Morgan fingerprint density at radius 2 is 1.87 bits per heavy atom. The first-order chi connectivity index (χ1) is 11.1. The van der Waals surface area contributed by atoms with Gasteiger partial charge in [-0.1, -0.05) is 30.3 Å². The quantitative estimate of drug-likeness (QED) is 0.580. The summed E-state index contributed by atoms with van der Waals surface area (Å²) in [6.07, 6.45) is 4.13. The first-order valence-electron chi connectivity index (χ1n) is 7.13. The van der Waals surface area contributed by atoms with Crippen LogP contribution in [0, 0.1) is 10.1 Å². The highest BCUT2D eigenvalue weighted by Crippen LogP contribution is 2.19. The van der Waals surface area contributed by atoms with Crippen LogP contribution >= 0.6 is 0 Å². The minimum atomic E-state index is -0.414. The summed E-state index contributed by atoms with van der Waals surface area (Å²) in [5.74, 6) is 1.09. The number of nitrogens with zero attached hydrogens (tertiary/aromatic N) is 3. The molecular weight excluding hydrogens is 294 g/mol. The van der Waals surface area contributed by atoms with Gasteiger partial charge in [-0.25, -0.2) is 4.98 Å². The molecule has 0 radical (unpaired) electrons. The van der Waals surface area contributed by atoms with E-state index in [9.17, 15) is 15.2 Å². The maximum atomic E-state index is 10.7. The van der Waals surface area contributed by atoms with Gasteiger partial charge in [-0.15, -0.1) is 0 Å². The highest BCUT2D eigenvalue weighted by Gasteiger charge is 2.09. The maximum absolute atomic E-state index is 10.7. The van der Waals surface area contributed by atoms with Crippen molar-refractivity contribution >= 4 is 5.69 Å². The number of hydrogen-bond acceptors (Lipinski definition) is 4. The molecule has 1 N–H and O–H groups in total. The van der Waals surface area contributed by atoms with Crippen LogP contribution in [0.3, 0.4) is 0 Å². The standard InChI is InChI=1S/C17H15N3O3/c21-16-4-2-1-3-14(16)12-19-10-9-18-17(19)11-13-5-7-15(8-6-13)20(22)23/h1-10,21H,11-12H2. The summed E-state index contributed by atoms with van der Waals surface area (Å²) < 4.78 is 1.95. The second kappa shape index (κ2) is 6.31. The van der Waals surface area contributed by atoms with Crippen LogP contribution in [0.5, 0.6) is 5.75 Å². The van der Waals surface area contributed by atoms with Gasteiger partial charge in [0.1, 0.15) is 11.6 Å². The van der Waals surface area contributed by atoms with Gasteiger partial charge < -0.3 is 9.67 Å². The van der Waals surface area contributed by atoms with E-state index in [4.69, 9.17) is 0 Å². The molecule has 6 heteroatoms. The predicted molar refractivity (Wildman–Crippen MR) is 85.3 cm³/mol. The summed E-state index contributed by atoms with van der Waals surface area (Å²) in [4.78, 5) is 14.6. The van der Waals surface area contributed by atoms with Crippen molar-refractivity contribution in [3.05, 3.63) is 88.0 Å². The molecule has 2 aromatic carbocycles. The number of hydrogen-bond donors (Lipinski definition) is 1. The van der Waals surface area contributed by atoms with Crippen molar-refractivity contribution in [2.75, 3.05) is 0 Å². The molecule has 6 nitrogen and oxygen atoms in total. The van der Waals surface area contributed by atoms with Crippen LogP contribution in [0.2, 0.25) is 0 Å². The number of aromatic nitrogens is 2. The Kier molecular flexibility index (Phi) is 4.05. The van der Waals surface area contributed by atoms with E-state index in [1.165, 1.54) is 12.1 Å². The van der Waals surface area contributed by atoms with E-state index < -0.39 is 4.92 Å². The number of benzene rings is 2. The second-order valence-electron chi connectivity index (χ2n) is 5.20. The fourth-order valence-corrected chi connectivity index (χ4v) is 2.40. The van der Waals surface area contributed by atoms with E-state index >= 15 is 0 Å². The van der Waals surface area contributed by atoms with Crippen LogP contribution < -0.4 is 0 Å². The Balaban J connectivity index is 1.78. The van der Waals surface area contributed by atoms with E-state index in [2.05, 4.69) is 4.98 Å². The molecule has 3 rings (SSSR count). The lowest BCUT2D eigenvalue weighted by Crippen LogP contribution is -2.05. The Hall–Kier alpha value is -3.15. The lowest BCUT2D eigenvalue weighted by Gasteiger charge is -2.09. The topological polar surface area (TPSA) is 81.2 Å². The van der Waals surface area contributed by atoms with Gasteiger partial charge in [0.05, 0.1) is 11.5 Å². The molecule has 0 spiro atoms. The summed E-state index contributed by atoms with van der Waals surface area (Å²) in [6.45, 7) is 0.523. The van der Waals surface area contributed by atoms with E-state index in [0.717, 1.165) is 17.0 Å². The first kappa shape index (κ1) is 14.8. The van der Waals surface area contributed by atoms with Gasteiger partial charge in [0.25, 0.3) is 5.69 Å². The minimum Gasteiger partial charge on any atom is -0.508 e. The largest absolute Gasteiger partial charge is 0.508 e. The molecule has 23 heavy (non-hydrogen) atoms. The summed E-state index contributed by atoms with van der Waals surface area (Å²) in [5.41, 5.74) is 1.84. The normalized spacial score (nSPS) is 10.6. The smallest absolute Gasteiger partial charge is 0.269 e. The number of phenolic OH excluding ortho intramolecular Hbond substituents is 1. The molecule has 1 heterocycles. The lowest BCUT2D eigenvalue weighted by atomic mass is 10.1. The fourth-order valence-electron chi connectivity index (χ4n) is 2.40. The van der Waals surface area contributed by atoms with E-state index in [-0.39, 0.29) is 11.4 Å². The Labute approximate surface area is 132 Å². The van der Waals surface area contributed by atoms with Crippen LogP contribution in [-0.2, 0) is 13.0 Å². The molecule has 0 aliphatic rings. The molecule has 3 aromatic rings. The molecule has 1 aromatic heterocycles. The van der Waals surface area contributed by atoms with E-state index in [1.54, 1.807) is 30.5 Å². The summed E-state index contributed by atoms with van der Waals surface area (Å²) in [7, 11) is 0. The summed E-state index contributed by atoms with van der Waals surface area (Å²) >= 11 is 0. The molecule has 0 bridgehead atoms. The molecule has 0 atom stereocenters. The zero-order chi connectivity index (χ0) is 16.2. The van der Waals surface area contributed by atoms with Gasteiger partial charge in [-0.3, -0.25) is 10.1 Å². The second-order valence-corrected chi connectivity index (χ2v) is 5.20. The molecule has 116 valence electrons. The Morgan fingerprint density at radius 3 is 2.57 bits per heavy atom. The van der Waals surface area contributed by atoms with Gasteiger partial charge in [0, 0.05) is 36.5 Å². The van der Waals surface area contributed by atoms with Crippen molar-refractivity contribution in [2.45, 2.75) is 13.0 Å². The van der Waals surface area contributed by atoms with Crippen molar-refractivity contribution < 1.29 is 10.0 Å². The minimum absolute atomic E-state index is 0.0753. The average Bonchev–Trinajstić information content (AvgIpc) is 2.97. The Bertz CT molecular complexity index is 825. The third kappa shape index (κ3) is 3.37. The zero-order valence-corrected chi connectivity index (χ0v) is 12.3. The third-order valence-corrected chi connectivity index (χ3v) is 3.64. The summed E-state index contributed by atoms with van der Waals surface area (Å²) in [5, 5.41) is 20.6. The highest BCUT2D eigenvalue weighted by atomic mass is 16.6. The number of para-hydroxylation sites is 1. The average molecular weight is 309 g/mol. The fraction of sp³-hybridized carbons (Fsp3) is 0.118. The van der Waals surface area contributed by atoms with Crippen LogP contribution in [-0.4, -0.2) is 19.6 Å². The number of non-ortho nitro benzene ring substituents is 1. The van der Waals surface area contributed by atoms with Crippen LogP contribution in [0.25, 0.3) is 0 Å². The SMILES string of the molecule is O=[N+]([O-])c1ccc(Cc2nccn2Cc2ccccc2O)cc1. The van der Waals surface area contributed by atoms with E-state index in [0.29, 0.717) is 13.0 Å². The number of nitro benzene ring substituents is 1. The maximum Gasteiger partial charge on any atom is 0.269 e. The van der Waals surface area contributed by atoms with Crippen molar-refractivity contribution in [3.63, 3.8) is 0 Å². The number of nitro groups is 1. The van der Waals surface area contributed by atoms with Gasteiger partial charge in [-0.05, 0) is 11.6 Å². The highest BCUT2D eigenvalue weighted by molar-refractivity contribution is 5.35. The van der Waals surface area contributed by atoms with Crippen LogP contribution in [0.15, 0.2) is 60.9 Å². The molecule has 0 saturated heterocycles. The molecule has 0 unspecified atom stereocenters. The van der Waals surface area contributed by atoms with Gasteiger partial charge in [0.15, 0.2) is 0 Å². The monoisotopic (exact) mass is 309 g/mol. The third-order valence-electron chi connectivity index (χ3n) is 3.64. The van der Waals surface area contributed by atoms with Crippen molar-refractivity contribution in [1.82, 2.24) is 9.55 Å². The summed E-state index contributed by atoms with van der Waals surface area (Å²) in [6, 6.07) is 13.6. The predicted octanol–water partition coefficient (Wildman–Crippen LogP) is 3.14. The van der Waals surface area contributed by atoms with Gasteiger partial charge in [-0.2, -0.15) is 0 Å². The molecule has 0 aliphatic heterocycles. The number of imidazole rings is 1. The van der Waals surface area contributed by atoms with Gasteiger partial charge in [0.2, 0.25) is 0 Å². The zero-order valence-electron chi connectivity index (χ0n) is 12.3. The number of phenols is 1. The number of rotatable bonds is 5. The molecular formula is C17H15N3O3. The molecule has 0 saturated carbocycles. The molecule has 0 aliphatic carbocycles. The molecule has 0 fully saturated rings. The first-order valence-corrected chi connectivity index (χ1v) is 7.13. The number of aromatic hydroxyl groups is 1. The Morgan fingerprint density at radius 1 is 1.13 bits per heavy atom. The van der Waals surface area contributed by atoms with Crippen molar-refractivity contribution in [3.8, 4) is 5.75 Å². The van der Waals surface area contributed by atoms with Crippen LogP contribution in [0.4, 0.5) is 5.69 Å². The lowest BCUT2D eigenvalue weighted by molar-refractivity contribution is -0.384. The van der Waals surface area contributed by atoms with Crippen molar-refractivity contribution in [2.24, 2.45) is 0 Å². The van der Waals surface area contributed by atoms with Crippen molar-refractivity contribution in [1.29, 1.82) is 0 Å². The van der Waals surface area contributed by atoms with Crippen LogP contribution in [0.1, 0.15) is 17.0 Å².